The van der Waals surface area contributed by atoms with E-state index >= 15 is 0 Å². The maximum Gasteiger partial charge on any atom is 0.263 e. The molecule has 0 radical (unpaired) electrons. The molecule has 1 aliphatic heterocycles. The molecule has 1 N–H and O–H groups in total. The quantitative estimate of drug-likeness (QED) is 0.805. The van der Waals surface area contributed by atoms with Crippen molar-refractivity contribution >= 4 is 15.9 Å². The fourth-order valence-electron chi connectivity index (χ4n) is 3.32. The van der Waals surface area contributed by atoms with Crippen LogP contribution in [0.3, 0.4) is 0 Å². The molecule has 0 aliphatic carbocycles. The molecule has 29 heavy (non-hydrogen) atoms. The lowest BCUT2D eigenvalue weighted by Crippen LogP contribution is -2.53. The van der Waals surface area contributed by atoms with Gasteiger partial charge in [-0.15, -0.1) is 0 Å². The molecule has 1 aliphatic rings. The highest BCUT2D eigenvalue weighted by molar-refractivity contribution is 7.89. The highest BCUT2D eigenvalue weighted by Gasteiger charge is 2.33. The first-order valence-corrected chi connectivity index (χ1v) is 10.9. The second-order valence-electron chi connectivity index (χ2n) is 7.28. The molecule has 1 atom stereocenters. The van der Waals surface area contributed by atoms with Crippen LogP contribution in [0.15, 0.2) is 47.4 Å². The number of carbonyl (C=O) groups is 1. The van der Waals surface area contributed by atoms with Gasteiger partial charge in [0.1, 0.15) is 16.4 Å². The summed E-state index contributed by atoms with van der Waals surface area (Å²) in [6.07, 6.45) is -0.666. The van der Waals surface area contributed by atoms with Crippen molar-refractivity contribution in [3.05, 3.63) is 53.6 Å². The lowest BCUT2D eigenvalue weighted by atomic mass is 10.2. The molecule has 2 aromatic rings. The van der Waals surface area contributed by atoms with Crippen LogP contribution in [0.4, 0.5) is 0 Å². The second kappa shape index (κ2) is 8.42. The van der Waals surface area contributed by atoms with E-state index in [1.165, 1.54) is 16.4 Å². The van der Waals surface area contributed by atoms with Crippen molar-refractivity contribution in [2.45, 2.75) is 31.8 Å². The van der Waals surface area contributed by atoms with Gasteiger partial charge < -0.3 is 14.7 Å². The van der Waals surface area contributed by atoms with Gasteiger partial charge in [0.2, 0.25) is 10.0 Å². The average molecular weight is 419 g/mol. The normalized spacial score (nSPS) is 16.4. The fraction of sp³-hybridized carbons (Fsp3) is 0.381. The Labute approximate surface area is 171 Å². The molecule has 7 nitrogen and oxygen atoms in total. The summed E-state index contributed by atoms with van der Waals surface area (Å²) in [6, 6.07) is 12.0. The Hall–Kier alpha value is -2.58. The van der Waals surface area contributed by atoms with Crippen LogP contribution in [0.25, 0.3) is 0 Å². The highest BCUT2D eigenvalue weighted by Crippen LogP contribution is 2.27. The molecule has 156 valence electrons. The Morgan fingerprint density at radius 1 is 1.03 bits per heavy atom. The molecular formula is C21H26N2O5S. The summed E-state index contributed by atoms with van der Waals surface area (Å²) in [6.45, 7) is 6.28. The molecule has 8 heteroatoms. The van der Waals surface area contributed by atoms with Crippen LogP contribution >= 0.6 is 0 Å². The molecule has 0 spiro atoms. The molecule has 1 heterocycles. The number of piperazine rings is 1. The van der Waals surface area contributed by atoms with Crippen LogP contribution in [0.5, 0.6) is 11.5 Å². The first-order valence-electron chi connectivity index (χ1n) is 9.50. The molecule has 0 saturated carbocycles. The number of hydrogen-bond acceptors (Lipinski definition) is 5. The van der Waals surface area contributed by atoms with Crippen molar-refractivity contribution in [2.24, 2.45) is 0 Å². The number of amides is 1. The van der Waals surface area contributed by atoms with Crippen LogP contribution in [0.1, 0.15) is 18.1 Å². The largest absolute Gasteiger partial charge is 0.507 e. The number of nitrogens with zero attached hydrogens (tertiary/aromatic N) is 2. The smallest absolute Gasteiger partial charge is 0.263 e. The number of hydrogen-bond donors (Lipinski definition) is 1. The summed E-state index contributed by atoms with van der Waals surface area (Å²) in [5.74, 6) is 0.179. The Morgan fingerprint density at radius 3 is 2.34 bits per heavy atom. The zero-order valence-corrected chi connectivity index (χ0v) is 17.6. The molecule has 1 saturated heterocycles. The maximum absolute atomic E-state index is 12.9. The van der Waals surface area contributed by atoms with Gasteiger partial charge >= 0.3 is 0 Å². The van der Waals surface area contributed by atoms with Crippen LogP contribution in [0, 0.1) is 13.8 Å². The van der Waals surface area contributed by atoms with Crippen LogP contribution in [-0.2, 0) is 14.8 Å². The zero-order valence-electron chi connectivity index (χ0n) is 16.8. The maximum atomic E-state index is 12.9. The summed E-state index contributed by atoms with van der Waals surface area (Å²) in [5, 5.41) is 9.99. The molecule has 1 fully saturated rings. The van der Waals surface area contributed by atoms with Crippen LogP contribution in [0.2, 0.25) is 0 Å². The molecule has 1 unspecified atom stereocenters. The minimum absolute atomic E-state index is 0.103. The topological polar surface area (TPSA) is 87.2 Å². The van der Waals surface area contributed by atoms with E-state index in [2.05, 4.69) is 0 Å². The van der Waals surface area contributed by atoms with Gasteiger partial charge in [-0.05, 0) is 56.2 Å². The predicted octanol–water partition coefficient (Wildman–Crippen LogP) is 2.31. The number of benzene rings is 2. The lowest BCUT2D eigenvalue weighted by Gasteiger charge is -2.35. The zero-order chi connectivity index (χ0) is 21.2. The Morgan fingerprint density at radius 2 is 1.69 bits per heavy atom. The van der Waals surface area contributed by atoms with E-state index in [0.29, 0.717) is 5.75 Å². The van der Waals surface area contributed by atoms with Crippen molar-refractivity contribution in [1.82, 2.24) is 9.21 Å². The van der Waals surface area contributed by atoms with Crippen molar-refractivity contribution < 1.29 is 23.1 Å². The number of carbonyl (C=O) groups excluding carboxylic acids is 1. The summed E-state index contributed by atoms with van der Waals surface area (Å²) in [4.78, 5) is 14.2. The number of aromatic hydroxyl groups is 1. The van der Waals surface area contributed by atoms with E-state index < -0.39 is 16.1 Å². The third-order valence-electron chi connectivity index (χ3n) is 4.93. The Bertz CT molecular complexity index is 998. The van der Waals surface area contributed by atoms with Crippen LogP contribution < -0.4 is 4.74 Å². The third-order valence-corrected chi connectivity index (χ3v) is 6.86. The summed E-state index contributed by atoms with van der Waals surface area (Å²) in [7, 11) is -3.82. The van der Waals surface area contributed by atoms with E-state index in [9.17, 15) is 18.3 Å². The van der Waals surface area contributed by atoms with E-state index in [0.717, 1.165) is 11.1 Å². The monoisotopic (exact) mass is 418 g/mol. The molecule has 2 aromatic carbocycles. The number of aryl methyl sites for hydroxylation is 2. The molecule has 3 rings (SSSR count). The predicted molar refractivity (Wildman–Crippen MR) is 109 cm³/mol. The Kier molecular flexibility index (Phi) is 6.14. The minimum Gasteiger partial charge on any atom is -0.507 e. The lowest BCUT2D eigenvalue weighted by molar-refractivity contribution is -0.139. The van der Waals surface area contributed by atoms with Crippen LogP contribution in [-0.4, -0.2) is 60.9 Å². The number of rotatable bonds is 5. The molecule has 0 bridgehead atoms. The Balaban J connectivity index is 1.63. The van der Waals surface area contributed by atoms with Crippen molar-refractivity contribution in [3.8, 4) is 11.5 Å². The SMILES string of the molecule is Cc1cccc(OC(C)C(=O)N2CCN(S(=O)(=O)c3cc(C)ccc3O)CC2)c1. The van der Waals surface area contributed by atoms with Gasteiger partial charge in [0.25, 0.3) is 5.91 Å². The first kappa shape index (κ1) is 21.1. The van der Waals surface area contributed by atoms with E-state index in [-0.39, 0.29) is 42.7 Å². The average Bonchev–Trinajstić information content (AvgIpc) is 2.69. The number of sulfonamides is 1. The molecule has 0 aromatic heterocycles. The van der Waals surface area contributed by atoms with Gasteiger partial charge in [0, 0.05) is 26.2 Å². The second-order valence-corrected chi connectivity index (χ2v) is 9.18. The number of phenolic OH excluding ortho intramolecular Hbond substituents is 1. The van der Waals surface area contributed by atoms with Gasteiger partial charge in [0.15, 0.2) is 6.10 Å². The standard InChI is InChI=1S/C21H26N2O5S/c1-15-5-4-6-18(13-15)28-17(3)21(25)22-9-11-23(12-10-22)29(26,27)20-14-16(2)7-8-19(20)24/h4-8,13-14,17,24H,9-12H2,1-3H3. The first-order chi connectivity index (χ1) is 13.7. The summed E-state index contributed by atoms with van der Waals surface area (Å²) >= 11 is 0. The van der Waals surface area contributed by atoms with Gasteiger partial charge in [-0.1, -0.05) is 18.2 Å². The fourth-order valence-corrected chi connectivity index (χ4v) is 4.91. The van der Waals surface area contributed by atoms with Crippen molar-refractivity contribution in [2.75, 3.05) is 26.2 Å². The molecular weight excluding hydrogens is 392 g/mol. The minimum atomic E-state index is -3.82. The van der Waals surface area contributed by atoms with Gasteiger partial charge in [-0.25, -0.2) is 8.42 Å². The highest BCUT2D eigenvalue weighted by atomic mass is 32.2. The van der Waals surface area contributed by atoms with Gasteiger partial charge in [0.05, 0.1) is 0 Å². The van der Waals surface area contributed by atoms with E-state index in [4.69, 9.17) is 4.74 Å². The van der Waals surface area contributed by atoms with Crippen molar-refractivity contribution in [3.63, 3.8) is 0 Å². The van der Waals surface area contributed by atoms with Crippen molar-refractivity contribution in [1.29, 1.82) is 0 Å². The van der Waals surface area contributed by atoms with E-state index in [1.807, 2.05) is 25.1 Å². The number of ether oxygens (including phenoxy) is 1. The molecule has 1 amide bonds. The summed E-state index contributed by atoms with van der Waals surface area (Å²) < 4.78 is 32.8. The summed E-state index contributed by atoms with van der Waals surface area (Å²) in [5.41, 5.74) is 1.79. The van der Waals surface area contributed by atoms with E-state index in [1.54, 1.807) is 30.9 Å². The third kappa shape index (κ3) is 4.71. The number of phenols is 1. The van der Waals surface area contributed by atoms with Gasteiger partial charge in [-0.3, -0.25) is 4.79 Å². The van der Waals surface area contributed by atoms with Gasteiger partial charge in [-0.2, -0.15) is 4.31 Å².